The van der Waals surface area contributed by atoms with Crippen molar-refractivity contribution in [3.63, 3.8) is 0 Å². The first kappa shape index (κ1) is 14.5. The predicted octanol–water partition coefficient (Wildman–Crippen LogP) is 1.13. The van der Waals surface area contributed by atoms with Crippen molar-refractivity contribution in [2.24, 2.45) is 0 Å². The molecule has 0 saturated carbocycles. The van der Waals surface area contributed by atoms with E-state index in [1.165, 1.54) is 0 Å². The quantitative estimate of drug-likeness (QED) is 0.652. The van der Waals surface area contributed by atoms with Crippen LogP contribution in [-0.4, -0.2) is 57.0 Å². The summed E-state index contributed by atoms with van der Waals surface area (Å²) in [6.07, 6.45) is -4.92. The zero-order valence-corrected chi connectivity index (χ0v) is 11.1. The Morgan fingerprint density at radius 3 is 2.00 bits per heavy atom. The molecular weight excluding hydrogens is 260 g/mol. The number of hydrogen-bond donors (Lipinski definition) is 2. The lowest BCUT2D eigenvalue weighted by Crippen LogP contribution is -2.67. The van der Waals surface area contributed by atoms with Gasteiger partial charge in [-0.15, -0.1) is 0 Å². The van der Waals surface area contributed by atoms with Crippen LogP contribution in [0.1, 0.15) is 33.6 Å². The molecule has 19 heavy (non-hydrogen) atoms. The number of hydrogen-bond acceptors (Lipinski definition) is 4. The molecule has 2 bridgehead atoms. The Hall–Kier alpha value is -0.950. The molecule has 110 valence electrons. The monoisotopic (exact) mass is 279 g/mol. The maximum atomic E-state index is 14.0. The topological polar surface area (TPSA) is 70.0 Å². The second-order valence-corrected chi connectivity index (χ2v) is 6.19. The van der Waals surface area contributed by atoms with Crippen LogP contribution in [0.25, 0.3) is 0 Å². The third-order valence-corrected chi connectivity index (χ3v) is 3.56. The number of carbonyl (C=O) groups is 1. The molecule has 0 aromatic heterocycles. The van der Waals surface area contributed by atoms with Crippen molar-refractivity contribution in [1.29, 1.82) is 0 Å². The van der Waals surface area contributed by atoms with Crippen molar-refractivity contribution in [3.8, 4) is 0 Å². The van der Waals surface area contributed by atoms with Crippen molar-refractivity contribution in [1.82, 2.24) is 4.90 Å². The Balaban J connectivity index is 2.23. The fraction of sp³-hybridized carbons (Fsp3) is 0.917. The summed E-state index contributed by atoms with van der Waals surface area (Å²) in [4.78, 5) is 13.0. The average Bonchev–Trinajstić information content (AvgIpc) is 2.64. The summed E-state index contributed by atoms with van der Waals surface area (Å²) in [5.41, 5.74) is -0.777. The molecule has 5 nitrogen and oxygen atoms in total. The average molecular weight is 279 g/mol. The van der Waals surface area contributed by atoms with Gasteiger partial charge in [-0.2, -0.15) is 0 Å². The molecule has 7 heteroatoms. The van der Waals surface area contributed by atoms with Gasteiger partial charge in [0.25, 0.3) is 0 Å². The number of ether oxygens (including phenoxy) is 1. The number of rotatable bonds is 0. The van der Waals surface area contributed by atoms with Crippen molar-refractivity contribution in [2.75, 3.05) is 0 Å². The molecule has 0 aromatic carbocycles. The number of amides is 1. The highest BCUT2D eigenvalue weighted by molar-refractivity contribution is 5.70. The lowest BCUT2D eigenvalue weighted by molar-refractivity contribution is -0.276. The molecule has 2 N–H and O–H groups in total. The minimum Gasteiger partial charge on any atom is -0.444 e. The highest BCUT2D eigenvalue weighted by Gasteiger charge is 2.63. The largest absolute Gasteiger partial charge is 0.444 e. The van der Waals surface area contributed by atoms with Crippen LogP contribution in [0, 0.1) is 0 Å². The maximum absolute atomic E-state index is 14.0. The number of halogens is 2. The number of aliphatic hydroxyl groups is 2. The molecule has 2 fully saturated rings. The third kappa shape index (κ3) is 2.29. The molecule has 4 atom stereocenters. The first-order chi connectivity index (χ1) is 8.55. The maximum Gasteiger partial charge on any atom is 0.410 e. The van der Waals surface area contributed by atoms with Crippen LogP contribution in [0.15, 0.2) is 0 Å². The fourth-order valence-electron chi connectivity index (χ4n) is 2.74. The van der Waals surface area contributed by atoms with E-state index in [1.807, 2.05) is 0 Å². The van der Waals surface area contributed by atoms with Gasteiger partial charge in [-0.1, -0.05) is 0 Å². The van der Waals surface area contributed by atoms with Crippen molar-refractivity contribution < 1.29 is 28.5 Å². The van der Waals surface area contributed by atoms with E-state index in [9.17, 15) is 23.8 Å². The number of piperidine rings is 1. The molecule has 1 amide bonds. The first-order valence-corrected chi connectivity index (χ1v) is 6.30. The van der Waals surface area contributed by atoms with Crippen LogP contribution in [-0.2, 0) is 4.74 Å². The fourth-order valence-corrected chi connectivity index (χ4v) is 2.74. The summed E-state index contributed by atoms with van der Waals surface area (Å²) in [7, 11) is 0. The van der Waals surface area contributed by atoms with Gasteiger partial charge in [0.1, 0.15) is 5.60 Å². The van der Waals surface area contributed by atoms with Gasteiger partial charge in [0.05, 0.1) is 12.1 Å². The highest BCUT2D eigenvalue weighted by Crippen LogP contribution is 2.43. The summed E-state index contributed by atoms with van der Waals surface area (Å²) >= 11 is 0. The zero-order chi connectivity index (χ0) is 14.6. The minimum atomic E-state index is -3.04. The summed E-state index contributed by atoms with van der Waals surface area (Å²) in [6, 6.07) is -2.11. The zero-order valence-electron chi connectivity index (χ0n) is 11.1. The second-order valence-electron chi connectivity index (χ2n) is 6.19. The number of fused-ring (bicyclic) bond motifs is 2. The second kappa shape index (κ2) is 4.28. The van der Waals surface area contributed by atoms with Crippen molar-refractivity contribution in [3.05, 3.63) is 0 Å². The lowest BCUT2D eigenvalue weighted by Gasteiger charge is -2.45. The van der Waals surface area contributed by atoms with E-state index >= 15 is 0 Å². The molecule has 2 saturated heterocycles. The molecule has 2 heterocycles. The van der Waals surface area contributed by atoms with Crippen LogP contribution in [0.3, 0.4) is 0 Å². The van der Waals surface area contributed by atoms with Gasteiger partial charge in [0.2, 0.25) is 5.79 Å². The summed E-state index contributed by atoms with van der Waals surface area (Å²) in [5.74, 6) is -3.04. The molecule has 0 radical (unpaired) electrons. The third-order valence-electron chi connectivity index (χ3n) is 3.56. The van der Waals surface area contributed by atoms with E-state index in [1.54, 1.807) is 20.8 Å². The minimum absolute atomic E-state index is 0.189. The molecule has 0 aliphatic carbocycles. The van der Waals surface area contributed by atoms with Gasteiger partial charge >= 0.3 is 6.09 Å². The number of nitrogens with zero attached hydrogens (tertiary/aromatic N) is 1. The summed E-state index contributed by atoms with van der Waals surface area (Å²) < 4.78 is 33.0. The number of alkyl halides is 2. The van der Waals surface area contributed by atoms with E-state index in [2.05, 4.69) is 0 Å². The van der Waals surface area contributed by atoms with Gasteiger partial charge in [0.15, 0.2) is 12.3 Å². The van der Waals surface area contributed by atoms with Gasteiger partial charge in [0, 0.05) is 0 Å². The molecule has 0 aromatic rings. The van der Waals surface area contributed by atoms with Gasteiger partial charge < -0.3 is 14.9 Å². The molecule has 2 aliphatic rings. The van der Waals surface area contributed by atoms with Crippen LogP contribution in [0.2, 0.25) is 0 Å². The van der Waals surface area contributed by atoms with Crippen molar-refractivity contribution >= 4 is 6.09 Å². The highest BCUT2D eigenvalue weighted by atomic mass is 19.1. The van der Waals surface area contributed by atoms with Crippen LogP contribution >= 0.6 is 0 Å². The molecule has 0 spiro atoms. The van der Waals surface area contributed by atoms with Crippen molar-refractivity contribution in [2.45, 2.75) is 69.4 Å². The smallest absolute Gasteiger partial charge is 0.410 e. The van der Waals surface area contributed by atoms with E-state index < -0.39 is 41.9 Å². The summed E-state index contributed by atoms with van der Waals surface area (Å²) in [5, 5.41) is 18.9. The molecule has 2 aliphatic heterocycles. The van der Waals surface area contributed by atoms with Gasteiger partial charge in [-0.05, 0) is 33.6 Å². The van der Waals surface area contributed by atoms with E-state index in [0.717, 1.165) is 4.90 Å². The molecule has 2 rings (SSSR count). The van der Waals surface area contributed by atoms with Gasteiger partial charge in [-0.3, -0.25) is 4.90 Å². The Bertz CT molecular complexity index is 362. The normalized spacial score (nSPS) is 37.3. The SMILES string of the molecule is CC(C)(C)OC(=O)N1C2CCC1[C@H](F)C(O)(O)[C@@H]2F. The van der Waals surface area contributed by atoms with E-state index in [-0.39, 0.29) is 12.8 Å². The van der Waals surface area contributed by atoms with Crippen LogP contribution in [0.5, 0.6) is 0 Å². The Kier molecular flexibility index (Phi) is 3.25. The standard InChI is InChI=1S/C12H19F2NO4/c1-11(2,3)19-10(16)15-6-4-5-7(15)9(14)12(17,18)8(6)13/h6-9,17-18H,4-5H2,1-3H3/t6?,7?,8-,9+. The van der Waals surface area contributed by atoms with E-state index in [4.69, 9.17) is 4.74 Å². The van der Waals surface area contributed by atoms with E-state index in [0.29, 0.717) is 0 Å². The lowest BCUT2D eigenvalue weighted by atomic mass is 9.93. The van der Waals surface area contributed by atoms with Gasteiger partial charge in [-0.25, -0.2) is 13.6 Å². The Morgan fingerprint density at radius 2 is 1.63 bits per heavy atom. The first-order valence-electron chi connectivity index (χ1n) is 6.30. The number of carbonyl (C=O) groups excluding carboxylic acids is 1. The van der Waals surface area contributed by atoms with Crippen LogP contribution in [0.4, 0.5) is 13.6 Å². The molecule has 2 unspecified atom stereocenters. The van der Waals surface area contributed by atoms with Crippen LogP contribution < -0.4 is 0 Å². The summed E-state index contributed by atoms with van der Waals surface area (Å²) in [6.45, 7) is 4.96. The predicted molar refractivity (Wildman–Crippen MR) is 61.8 cm³/mol. The molecular formula is C12H19F2NO4. The Morgan fingerprint density at radius 1 is 1.21 bits per heavy atom. The Labute approximate surface area is 110 Å².